The SMILES string of the molecule is CN1CC[C@@H](NC(=O)N2CCc3cnc(CC4CCOCC4)nc3C2)[C@@H]1c1ccc(F)c(F)c1. The summed E-state index contributed by atoms with van der Waals surface area (Å²) < 4.78 is 32.7. The third kappa shape index (κ3) is 4.90. The number of hydrogen-bond acceptors (Lipinski definition) is 5. The van der Waals surface area contributed by atoms with Gasteiger partial charge in [0.15, 0.2) is 11.6 Å². The first-order valence-electron chi connectivity index (χ1n) is 12.1. The van der Waals surface area contributed by atoms with Gasteiger partial charge in [0, 0.05) is 38.9 Å². The van der Waals surface area contributed by atoms with Gasteiger partial charge in [-0.25, -0.2) is 23.5 Å². The van der Waals surface area contributed by atoms with Gasteiger partial charge in [0.05, 0.1) is 24.3 Å². The molecule has 3 aliphatic rings. The predicted octanol–water partition coefficient (Wildman–Crippen LogP) is 3.24. The molecular weight excluding hydrogens is 440 g/mol. The molecule has 3 aliphatic heterocycles. The first-order valence-corrected chi connectivity index (χ1v) is 12.1. The van der Waals surface area contributed by atoms with Crippen molar-refractivity contribution in [3.8, 4) is 0 Å². The second-order valence-electron chi connectivity index (χ2n) is 9.63. The van der Waals surface area contributed by atoms with Gasteiger partial charge in [0.25, 0.3) is 0 Å². The van der Waals surface area contributed by atoms with Crippen molar-refractivity contribution in [2.75, 3.05) is 33.4 Å². The van der Waals surface area contributed by atoms with E-state index in [1.807, 2.05) is 13.2 Å². The number of nitrogens with zero attached hydrogens (tertiary/aromatic N) is 4. The van der Waals surface area contributed by atoms with Crippen LogP contribution in [0.15, 0.2) is 24.4 Å². The Labute approximate surface area is 198 Å². The topological polar surface area (TPSA) is 70.6 Å². The van der Waals surface area contributed by atoms with Crippen LogP contribution < -0.4 is 5.32 Å². The molecule has 34 heavy (non-hydrogen) atoms. The molecule has 2 fully saturated rings. The molecular formula is C25H31F2N5O2. The highest BCUT2D eigenvalue weighted by Gasteiger charge is 2.36. The van der Waals surface area contributed by atoms with Gasteiger partial charge in [-0.05, 0) is 61.9 Å². The van der Waals surface area contributed by atoms with E-state index in [0.717, 1.165) is 75.0 Å². The second kappa shape index (κ2) is 9.92. The molecule has 4 heterocycles. The van der Waals surface area contributed by atoms with Gasteiger partial charge in [-0.2, -0.15) is 0 Å². The number of urea groups is 1. The Kier molecular flexibility index (Phi) is 6.74. The summed E-state index contributed by atoms with van der Waals surface area (Å²) in [6.07, 6.45) is 6.28. The van der Waals surface area contributed by atoms with E-state index in [1.54, 1.807) is 11.0 Å². The normalized spacial score (nSPS) is 23.7. The van der Waals surface area contributed by atoms with Crippen LogP contribution in [-0.4, -0.2) is 65.2 Å². The molecule has 0 spiro atoms. The van der Waals surface area contributed by atoms with Crippen molar-refractivity contribution in [3.05, 3.63) is 58.7 Å². The fourth-order valence-corrected chi connectivity index (χ4v) is 5.36. The van der Waals surface area contributed by atoms with Crippen molar-refractivity contribution in [1.82, 2.24) is 25.1 Å². The largest absolute Gasteiger partial charge is 0.381 e. The molecule has 0 bridgehead atoms. The van der Waals surface area contributed by atoms with Gasteiger partial charge in [0.2, 0.25) is 0 Å². The van der Waals surface area contributed by atoms with E-state index in [9.17, 15) is 13.6 Å². The number of likely N-dealkylation sites (tertiary alicyclic amines) is 1. The molecule has 182 valence electrons. The van der Waals surface area contributed by atoms with Crippen LogP contribution in [0.25, 0.3) is 0 Å². The third-order valence-corrected chi connectivity index (χ3v) is 7.34. The van der Waals surface area contributed by atoms with Crippen molar-refractivity contribution >= 4 is 6.03 Å². The number of likely N-dealkylation sites (N-methyl/N-ethyl adjacent to an activating group) is 1. The van der Waals surface area contributed by atoms with Crippen LogP contribution in [0.4, 0.5) is 13.6 Å². The number of carbonyl (C=O) groups is 1. The number of benzene rings is 1. The number of aromatic nitrogens is 2. The summed E-state index contributed by atoms with van der Waals surface area (Å²) >= 11 is 0. The third-order valence-electron chi connectivity index (χ3n) is 7.34. The maximum atomic E-state index is 13.9. The highest BCUT2D eigenvalue weighted by molar-refractivity contribution is 5.75. The minimum absolute atomic E-state index is 0.150. The molecule has 2 atom stereocenters. The number of nitrogens with one attached hydrogen (secondary N) is 1. The molecule has 0 radical (unpaired) electrons. The molecule has 5 rings (SSSR count). The van der Waals surface area contributed by atoms with Crippen molar-refractivity contribution in [2.45, 2.75) is 50.7 Å². The second-order valence-corrected chi connectivity index (χ2v) is 9.63. The van der Waals surface area contributed by atoms with Crippen molar-refractivity contribution in [1.29, 1.82) is 0 Å². The zero-order valence-corrected chi connectivity index (χ0v) is 19.5. The number of rotatable bonds is 4. The number of halogens is 2. The Bertz CT molecular complexity index is 1050. The summed E-state index contributed by atoms with van der Waals surface area (Å²) in [7, 11) is 1.94. The van der Waals surface area contributed by atoms with Crippen LogP contribution in [-0.2, 0) is 24.1 Å². The first-order chi connectivity index (χ1) is 16.5. The Hall–Kier alpha value is -2.65. The summed E-state index contributed by atoms with van der Waals surface area (Å²) in [5.74, 6) is -0.354. The van der Waals surface area contributed by atoms with Crippen molar-refractivity contribution in [2.24, 2.45) is 5.92 Å². The maximum Gasteiger partial charge on any atom is 0.318 e. The van der Waals surface area contributed by atoms with E-state index in [-0.39, 0.29) is 18.1 Å². The molecule has 1 aromatic carbocycles. The van der Waals surface area contributed by atoms with Crippen LogP contribution in [0, 0.1) is 17.6 Å². The van der Waals surface area contributed by atoms with E-state index < -0.39 is 11.6 Å². The fourth-order valence-electron chi connectivity index (χ4n) is 5.36. The standard InChI is InChI=1S/C25H31F2N5O2/c1-31-8-5-21(24(31)17-2-3-19(26)20(27)13-17)30-25(33)32-9-4-18-14-28-23(29-22(18)15-32)12-16-6-10-34-11-7-16/h2-3,13-14,16,21,24H,4-12,15H2,1H3,(H,30,33)/t21-,24+/m1/s1. The minimum atomic E-state index is -0.869. The maximum absolute atomic E-state index is 13.9. The van der Waals surface area contributed by atoms with Gasteiger partial charge in [0.1, 0.15) is 5.82 Å². The number of ether oxygens (including phenoxy) is 1. The molecule has 7 nitrogen and oxygen atoms in total. The highest BCUT2D eigenvalue weighted by Crippen LogP contribution is 2.32. The molecule has 0 aliphatic carbocycles. The van der Waals surface area contributed by atoms with Crippen LogP contribution in [0.2, 0.25) is 0 Å². The lowest BCUT2D eigenvalue weighted by Crippen LogP contribution is -2.48. The average Bonchev–Trinajstić information content (AvgIpc) is 3.20. The summed E-state index contributed by atoms with van der Waals surface area (Å²) in [6.45, 7) is 3.40. The van der Waals surface area contributed by atoms with Gasteiger partial charge in [-0.3, -0.25) is 4.90 Å². The van der Waals surface area contributed by atoms with E-state index in [4.69, 9.17) is 9.72 Å². The number of amides is 2. The molecule has 2 saturated heterocycles. The highest BCUT2D eigenvalue weighted by atomic mass is 19.2. The number of hydrogen-bond donors (Lipinski definition) is 1. The molecule has 2 amide bonds. The zero-order chi connectivity index (χ0) is 23.7. The summed E-state index contributed by atoms with van der Waals surface area (Å²) in [6, 6.07) is 3.44. The van der Waals surface area contributed by atoms with Crippen LogP contribution in [0.3, 0.4) is 0 Å². The number of fused-ring (bicyclic) bond motifs is 1. The quantitative estimate of drug-likeness (QED) is 0.742. The van der Waals surface area contributed by atoms with Gasteiger partial charge in [-0.1, -0.05) is 6.07 Å². The minimum Gasteiger partial charge on any atom is -0.381 e. The Morgan fingerprint density at radius 2 is 2.00 bits per heavy atom. The van der Waals surface area contributed by atoms with E-state index in [0.29, 0.717) is 24.6 Å². The Morgan fingerprint density at radius 3 is 2.79 bits per heavy atom. The monoisotopic (exact) mass is 471 g/mol. The van der Waals surface area contributed by atoms with Crippen molar-refractivity contribution in [3.63, 3.8) is 0 Å². The molecule has 1 N–H and O–H groups in total. The lowest BCUT2D eigenvalue weighted by Gasteiger charge is -2.32. The van der Waals surface area contributed by atoms with E-state index in [1.165, 1.54) is 6.07 Å². The zero-order valence-electron chi connectivity index (χ0n) is 19.5. The summed E-state index contributed by atoms with van der Waals surface area (Å²) in [5.41, 5.74) is 2.68. The van der Waals surface area contributed by atoms with Crippen LogP contribution in [0.1, 0.15) is 47.9 Å². The average molecular weight is 472 g/mol. The van der Waals surface area contributed by atoms with E-state index in [2.05, 4.69) is 15.2 Å². The van der Waals surface area contributed by atoms with Crippen molar-refractivity contribution < 1.29 is 18.3 Å². The van der Waals surface area contributed by atoms with Gasteiger partial charge >= 0.3 is 6.03 Å². The van der Waals surface area contributed by atoms with Gasteiger partial charge < -0.3 is 15.0 Å². The predicted molar refractivity (Wildman–Crippen MR) is 122 cm³/mol. The lowest BCUT2D eigenvalue weighted by atomic mass is 9.96. The molecule has 0 saturated carbocycles. The molecule has 2 aromatic rings. The van der Waals surface area contributed by atoms with Crippen LogP contribution >= 0.6 is 0 Å². The molecule has 9 heteroatoms. The first kappa shape index (κ1) is 23.1. The summed E-state index contributed by atoms with van der Waals surface area (Å²) in [4.78, 5) is 26.4. The van der Waals surface area contributed by atoms with E-state index >= 15 is 0 Å². The molecule has 1 aromatic heterocycles. The smallest absolute Gasteiger partial charge is 0.318 e. The van der Waals surface area contributed by atoms with Crippen LogP contribution in [0.5, 0.6) is 0 Å². The Balaban J connectivity index is 1.25. The molecule has 0 unspecified atom stereocenters. The number of carbonyl (C=O) groups excluding carboxylic acids is 1. The fraction of sp³-hybridized carbons (Fsp3) is 0.560. The summed E-state index contributed by atoms with van der Waals surface area (Å²) in [5, 5.41) is 3.14. The lowest BCUT2D eigenvalue weighted by molar-refractivity contribution is 0.0659. The Morgan fingerprint density at radius 1 is 1.18 bits per heavy atom. The van der Waals surface area contributed by atoms with Gasteiger partial charge in [-0.15, -0.1) is 0 Å².